The number of nitrogens with zero attached hydrogens (tertiary/aromatic N) is 4. The number of benzene rings is 3. The van der Waals surface area contributed by atoms with Crippen molar-refractivity contribution in [2.24, 2.45) is 0 Å². The van der Waals surface area contributed by atoms with Gasteiger partial charge >= 0.3 is 5.97 Å². The molecule has 2 heterocycles. The number of rotatable bonds is 8. The number of anilines is 2. The standard InChI is InChI=1S/C32H20ClN5O5S/c33-21-10-6-18(7-11-21)25(39)17-43-32(42)20-8-12-22(13-9-20)38-27(40)14-26(31(38)41)44-30-24(16-35)28(19-4-2-1-3-5-19)23(15-34)29(36)37-30/h1-13,26H,14,17H2,(H2,36,37). The Labute approximate surface area is 260 Å². The van der Waals surface area contributed by atoms with E-state index in [1.807, 2.05) is 6.07 Å². The number of nitrogen functional groups attached to an aromatic ring is 1. The van der Waals surface area contributed by atoms with E-state index in [0.29, 0.717) is 21.7 Å². The molecular weight excluding hydrogens is 602 g/mol. The molecule has 4 aromatic rings. The number of amides is 2. The molecule has 3 aromatic carbocycles. The number of halogens is 1. The number of carbonyl (C=O) groups excluding carboxylic acids is 4. The van der Waals surface area contributed by atoms with E-state index in [9.17, 15) is 29.7 Å². The van der Waals surface area contributed by atoms with Crippen LogP contribution in [0.15, 0.2) is 83.9 Å². The highest BCUT2D eigenvalue weighted by Gasteiger charge is 2.41. The van der Waals surface area contributed by atoms with Crippen LogP contribution in [0.25, 0.3) is 11.1 Å². The maximum absolute atomic E-state index is 13.4. The van der Waals surface area contributed by atoms with Gasteiger partial charge in [0.2, 0.25) is 11.8 Å². The molecule has 12 heteroatoms. The Kier molecular flexibility index (Phi) is 8.72. The molecule has 1 aliphatic rings. The van der Waals surface area contributed by atoms with Crippen LogP contribution in [0, 0.1) is 22.7 Å². The quantitative estimate of drug-likeness (QED) is 0.157. The van der Waals surface area contributed by atoms with E-state index < -0.39 is 35.4 Å². The van der Waals surface area contributed by atoms with Crippen molar-refractivity contribution in [1.29, 1.82) is 10.5 Å². The van der Waals surface area contributed by atoms with Gasteiger partial charge < -0.3 is 10.5 Å². The zero-order chi connectivity index (χ0) is 31.4. The normalized spacial score (nSPS) is 14.2. The van der Waals surface area contributed by atoms with Gasteiger partial charge in [0.1, 0.15) is 28.5 Å². The Balaban J connectivity index is 1.31. The number of ketones is 1. The van der Waals surface area contributed by atoms with Gasteiger partial charge in [-0.1, -0.05) is 53.7 Å². The number of aromatic nitrogens is 1. The highest BCUT2D eigenvalue weighted by Crippen LogP contribution is 2.40. The summed E-state index contributed by atoms with van der Waals surface area (Å²) in [7, 11) is 0. The van der Waals surface area contributed by atoms with Gasteiger partial charge in [0.25, 0.3) is 0 Å². The lowest BCUT2D eigenvalue weighted by atomic mass is 9.97. The van der Waals surface area contributed by atoms with E-state index in [2.05, 4.69) is 11.1 Å². The van der Waals surface area contributed by atoms with Crippen molar-refractivity contribution in [1.82, 2.24) is 4.98 Å². The zero-order valence-electron chi connectivity index (χ0n) is 22.7. The van der Waals surface area contributed by atoms with Gasteiger partial charge in [-0.05, 0) is 54.1 Å². The average molecular weight is 622 g/mol. The van der Waals surface area contributed by atoms with Gasteiger partial charge in [0.05, 0.1) is 22.1 Å². The molecule has 1 saturated heterocycles. The molecule has 216 valence electrons. The van der Waals surface area contributed by atoms with E-state index in [0.717, 1.165) is 16.7 Å². The van der Waals surface area contributed by atoms with Gasteiger partial charge in [-0.3, -0.25) is 14.4 Å². The van der Waals surface area contributed by atoms with Gasteiger partial charge in [-0.25, -0.2) is 14.7 Å². The molecule has 1 aliphatic heterocycles. The second-order valence-corrected chi connectivity index (χ2v) is 11.1. The largest absolute Gasteiger partial charge is 0.454 e. The number of nitrogens with two attached hydrogens (primary N) is 1. The number of carbonyl (C=O) groups is 4. The van der Waals surface area contributed by atoms with Crippen molar-refractivity contribution in [3.05, 3.63) is 106 Å². The van der Waals surface area contributed by atoms with Gasteiger partial charge in [-0.2, -0.15) is 10.5 Å². The molecule has 5 rings (SSSR count). The van der Waals surface area contributed by atoms with Crippen molar-refractivity contribution in [2.45, 2.75) is 16.7 Å². The first-order valence-electron chi connectivity index (χ1n) is 13.0. The zero-order valence-corrected chi connectivity index (χ0v) is 24.3. The number of Topliss-reactive ketones (excluding diaryl/α,β-unsaturated/α-hetero) is 1. The van der Waals surface area contributed by atoms with Crippen molar-refractivity contribution >= 4 is 58.4 Å². The van der Waals surface area contributed by atoms with Crippen LogP contribution in [-0.2, 0) is 14.3 Å². The third-order valence-electron chi connectivity index (χ3n) is 6.70. The van der Waals surface area contributed by atoms with Crippen molar-refractivity contribution in [3.8, 4) is 23.3 Å². The Morgan fingerprint density at radius 1 is 0.955 bits per heavy atom. The molecule has 1 atom stereocenters. The molecule has 1 aromatic heterocycles. The summed E-state index contributed by atoms with van der Waals surface area (Å²) >= 11 is 6.75. The van der Waals surface area contributed by atoms with Crippen LogP contribution in [0.4, 0.5) is 11.5 Å². The first kappa shape index (κ1) is 30.0. The molecule has 44 heavy (non-hydrogen) atoms. The third-order valence-corrected chi connectivity index (χ3v) is 8.12. The van der Waals surface area contributed by atoms with Gasteiger partial charge in [-0.15, -0.1) is 0 Å². The van der Waals surface area contributed by atoms with Crippen LogP contribution >= 0.6 is 23.4 Å². The molecule has 0 aliphatic carbocycles. The predicted molar refractivity (Wildman–Crippen MR) is 163 cm³/mol. The number of ether oxygens (including phenoxy) is 1. The van der Waals surface area contributed by atoms with Crippen LogP contribution in [0.5, 0.6) is 0 Å². The molecule has 2 N–H and O–H groups in total. The highest BCUT2D eigenvalue weighted by molar-refractivity contribution is 8.00. The van der Waals surface area contributed by atoms with Crippen LogP contribution < -0.4 is 10.6 Å². The predicted octanol–water partition coefficient (Wildman–Crippen LogP) is 5.19. The number of nitriles is 2. The van der Waals surface area contributed by atoms with Crippen molar-refractivity contribution < 1.29 is 23.9 Å². The molecule has 10 nitrogen and oxygen atoms in total. The minimum atomic E-state index is -0.915. The fourth-order valence-corrected chi connectivity index (χ4v) is 5.80. The minimum Gasteiger partial charge on any atom is -0.454 e. The maximum Gasteiger partial charge on any atom is 0.338 e. The summed E-state index contributed by atoms with van der Waals surface area (Å²) < 4.78 is 5.12. The Bertz CT molecular complexity index is 1880. The fraction of sp³-hybridized carbons (Fsp3) is 0.0938. The summed E-state index contributed by atoms with van der Waals surface area (Å²) in [5.74, 6) is -2.29. The molecule has 0 radical (unpaired) electrons. The number of imide groups is 1. The SMILES string of the molecule is N#Cc1c(N)nc(SC2CC(=O)N(c3ccc(C(=O)OCC(=O)c4ccc(Cl)cc4)cc3)C2=O)c(C#N)c1-c1ccccc1. The van der Waals surface area contributed by atoms with Crippen LogP contribution in [0.2, 0.25) is 5.02 Å². The highest BCUT2D eigenvalue weighted by atomic mass is 35.5. The molecule has 1 fully saturated rings. The minimum absolute atomic E-state index is 0.0421. The van der Waals surface area contributed by atoms with E-state index in [1.165, 1.54) is 36.4 Å². The second-order valence-electron chi connectivity index (χ2n) is 9.45. The molecule has 0 spiro atoms. The number of hydrogen-bond donors (Lipinski definition) is 1. The molecule has 1 unspecified atom stereocenters. The molecule has 2 amide bonds. The summed E-state index contributed by atoms with van der Waals surface area (Å²) in [5, 5.41) is 19.4. The number of thioether (sulfide) groups is 1. The third kappa shape index (κ3) is 6.01. The lowest BCUT2D eigenvalue weighted by molar-refractivity contribution is -0.121. The maximum atomic E-state index is 13.4. The first-order chi connectivity index (χ1) is 21.2. The monoisotopic (exact) mass is 621 g/mol. The summed E-state index contributed by atoms with van der Waals surface area (Å²) in [6, 6.07) is 24.6. The summed E-state index contributed by atoms with van der Waals surface area (Å²) in [6.07, 6.45) is -0.173. The van der Waals surface area contributed by atoms with Crippen molar-refractivity contribution in [3.63, 3.8) is 0 Å². The Morgan fingerprint density at radius 3 is 2.23 bits per heavy atom. The number of esters is 1. The molecule has 0 saturated carbocycles. The number of pyridine rings is 1. The Hall–Kier alpha value is -5.49. The summed E-state index contributed by atoms with van der Waals surface area (Å²) in [6.45, 7) is -0.477. The van der Waals surface area contributed by atoms with Crippen molar-refractivity contribution in [2.75, 3.05) is 17.2 Å². The summed E-state index contributed by atoms with van der Waals surface area (Å²) in [5.41, 5.74) is 7.77. The Morgan fingerprint density at radius 2 is 1.59 bits per heavy atom. The molecule has 0 bridgehead atoms. The average Bonchev–Trinajstić information content (AvgIpc) is 3.31. The lowest BCUT2D eigenvalue weighted by Gasteiger charge is -2.16. The van der Waals surface area contributed by atoms with E-state index >= 15 is 0 Å². The smallest absolute Gasteiger partial charge is 0.338 e. The summed E-state index contributed by atoms with van der Waals surface area (Å²) in [4.78, 5) is 56.4. The fourth-order valence-electron chi connectivity index (χ4n) is 4.56. The van der Waals surface area contributed by atoms with E-state index in [4.69, 9.17) is 22.1 Å². The molecular formula is C32H20ClN5O5S. The number of hydrogen-bond acceptors (Lipinski definition) is 10. The van der Waals surface area contributed by atoms with E-state index in [1.54, 1.807) is 42.5 Å². The van der Waals surface area contributed by atoms with E-state index in [-0.39, 0.29) is 39.6 Å². The van der Waals surface area contributed by atoms with Crippen LogP contribution in [0.3, 0.4) is 0 Å². The van der Waals surface area contributed by atoms with Crippen LogP contribution in [0.1, 0.15) is 38.3 Å². The topological polar surface area (TPSA) is 167 Å². The second kappa shape index (κ2) is 12.8. The first-order valence-corrected chi connectivity index (χ1v) is 14.3. The van der Waals surface area contributed by atoms with Gasteiger partial charge in [0.15, 0.2) is 12.4 Å². The lowest BCUT2D eigenvalue weighted by Crippen LogP contribution is -2.31. The van der Waals surface area contributed by atoms with Gasteiger partial charge in [0, 0.05) is 22.6 Å². The van der Waals surface area contributed by atoms with Crippen LogP contribution in [-0.4, -0.2) is 40.4 Å².